The molecule has 1 unspecified atom stereocenters. The van der Waals surface area contributed by atoms with Crippen LogP contribution in [0.1, 0.15) is 31.7 Å². The molecule has 7 heteroatoms. The van der Waals surface area contributed by atoms with Crippen LogP contribution < -0.4 is 0 Å². The summed E-state index contributed by atoms with van der Waals surface area (Å²) in [6.45, 7) is 0.646. The smallest absolute Gasteiger partial charge is 0.337 e. The summed E-state index contributed by atoms with van der Waals surface area (Å²) < 4.78 is 4.67. The third-order valence-electron chi connectivity index (χ3n) is 3.93. The molecule has 2 aromatic rings. The molecule has 0 aliphatic carbocycles. The van der Waals surface area contributed by atoms with Gasteiger partial charge in [0.15, 0.2) is 0 Å². The molecule has 25 heavy (non-hydrogen) atoms. The molecule has 4 nitrogen and oxygen atoms in total. The van der Waals surface area contributed by atoms with E-state index in [0.29, 0.717) is 27.7 Å². The van der Waals surface area contributed by atoms with Gasteiger partial charge < -0.3 is 9.64 Å². The molecule has 1 aliphatic rings. The van der Waals surface area contributed by atoms with Crippen LogP contribution in [-0.2, 0) is 4.74 Å². The highest BCUT2D eigenvalue weighted by Crippen LogP contribution is 2.40. The van der Waals surface area contributed by atoms with Gasteiger partial charge in [0.25, 0.3) is 5.91 Å². The van der Waals surface area contributed by atoms with Gasteiger partial charge >= 0.3 is 5.97 Å². The standard InChI is InChI=1S/C18H15Cl2NO3S/c1-24-18(23)12-4-2-11(3-5-12)16(22)21-8-9-25-17(21)13-6-7-14(19)15(20)10-13/h2-7,10,17H,8-9H2,1H3. The highest BCUT2D eigenvalue weighted by molar-refractivity contribution is 7.99. The van der Waals surface area contributed by atoms with Gasteiger partial charge in [-0.3, -0.25) is 4.79 Å². The first kappa shape index (κ1) is 18.1. The van der Waals surface area contributed by atoms with Crippen molar-refractivity contribution in [2.45, 2.75) is 5.37 Å². The summed E-state index contributed by atoms with van der Waals surface area (Å²) in [5.41, 5.74) is 1.88. The fourth-order valence-corrected chi connectivity index (χ4v) is 4.20. The zero-order chi connectivity index (χ0) is 18.0. The number of thioether (sulfide) groups is 1. The molecule has 1 saturated heterocycles. The number of amides is 1. The third-order valence-corrected chi connectivity index (χ3v) is 5.93. The van der Waals surface area contributed by atoms with Crippen molar-refractivity contribution in [2.24, 2.45) is 0 Å². The summed E-state index contributed by atoms with van der Waals surface area (Å²) in [4.78, 5) is 26.2. The lowest BCUT2D eigenvalue weighted by Crippen LogP contribution is -2.30. The van der Waals surface area contributed by atoms with Crippen molar-refractivity contribution in [2.75, 3.05) is 19.4 Å². The summed E-state index contributed by atoms with van der Waals surface area (Å²) in [6.07, 6.45) is 0. The quantitative estimate of drug-likeness (QED) is 0.708. The number of halogens is 2. The Morgan fingerprint density at radius 2 is 1.76 bits per heavy atom. The fraction of sp³-hybridized carbons (Fsp3) is 0.222. The van der Waals surface area contributed by atoms with Gasteiger partial charge in [0.05, 0.1) is 22.7 Å². The van der Waals surface area contributed by atoms with Gasteiger partial charge in [-0.2, -0.15) is 0 Å². The van der Waals surface area contributed by atoms with E-state index >= 15 is 0 Å². The number of rotatable bonds is 3. The Hall–Kier alpha value is -1.69. The number of carbonyl (C=O) groups excluding carboxylic acids is 2. The highest BCUT2D eigenvalue weighted by Gasteiger charge is 2.31. The number of methoxy groups -OCH3 is 1. The molecule has 2 aromatic carbocycles. The summed E-state index contributed by atoms with van der Waals surface area (Å²) in [7, 11) is 1.32. The normalized spacial score (nSPS) is 16.8. The van der Waals surface area contributed by atoms with Gasteiger partial charge in [-0.25, -0.2) is 4.79 Å². The molecule has 3 rings (SSSR count). The molecular weight excluding hydrogens is 381 g/mol. The first-order valence-corrected chi connectivity index (χ1v) is 9.37. The van der Waals surface area contributed by atoms with Crippen LogP contribution in [0.2, 0.25) is 10.0 Å². The molecule has 1 atom stereocenters. The summed E-state index contributed by atoms with van der Waals surface area (Å²) >= 11 is 13.8. The predicted molar refractivity (Wildman–Crippen MR) is 100 cm³/mol. The number of esters is 1. The van der Waals surface area contributed by atoms with E-state index < -0.39 is 5.97 Å². The lowest BCUT2D eigenvalue weighted by atomic mass is 10.1. The Bertz CT molecular complexity index is 810. The average Bonchev–Trinajstić information content (AvgIpc) is 3.12. The van der Waals surface area contributed by atoms with Crippen LogP contribution in [0, 0.1) is 0 Å². The summed E-state index contributed by atoms with van der Waals surface area (Å²) in [6, 6.07) is 11.9. The van der Waals surface area contributed by atoms with Gasteiger partial charge in [-0.1, -0.05) is 29.3 Å². The molecule has 0 N–H and O–H groups in total. The maximum Gasteiger partial charge on any atom is 0.337 e. The third kappa shape index (κ3) is 3.78. The molecule has 0 radical (unpaired) electrons. The SMILES string of the molecule is COC(=O)c1ccc(C(=O)N2CCSC2c2ccc(Cl)c(Cl)c2)cc1. The first-order chi connectivity index (χ1) is 12.0. The second kappa shape index (κ2) is 7.68. The van der Waals surface area contributed by atoms with Gasteiger partial charge in [0, 0.05) is 17.9 Å². The first-order valence-electron chi connectivity index (χ1n) is 7.57. The van der Waals surface area contributed by atoms with Crippen LogP contribution in [0.5, 0.6) is 0 Å². The van der Waals surface area contributed by atoms with Crippen LogP contribution in [0.15, 0.2) is 42.5 Å². The van der Waals surface area contributed by atoms with Crippen molar-refractivity contribution in [1.82, 2.24) is 4.90 Å². The Balaban J connectivity index is 1.83. The topological polar surface area (TPSA) is 46.6 Å². The second-order valence-electron chi connectivity index (χ2n) is 5.46. The van der Waals surface area contributed by atoms with Crippen LogP contribution in [0.25, 0.3) is 0 Å². The van der Waals surface area contributed by atoms with Crippen molar-refractivity contribution in [3.63, 3.8) is 0 Å². The van der Waals surface area contributed by atoms with E-state index in [1.807, 2.05) is 6.07 Å². The molecule has 1 fully saturated rings. The highest BCUT2D eigenvalue weighted by atomic mass is 35.5. The number of hydrogen-bond acceptors (Lipinski definition) is 4. The van der Waals surface area contributed by atoms with E-state index in [1.165, 1.54) is 7.11 Å². The van der Waals surface area contributed by atoms with Crippen molar-refractivity contribution < 1.29 is 14.3 Å². The second-order valence-corrected chi connectivity index (χ2v) is 7.47. The number of carbonyl (C=O) groups is 2. The molecule has 1 amide bonds. The lowest BCUT2D eigenvalue weighted by Gasteiger charge is -2.24. The van der Waals surface area contributed by atoms with Crippen LogP contribution in [0.3, 0.4) is 0 Å². The van der Waals surface area contributed by atoms with E-state index in [9.17, 15) is 9.59 Å². The Morgan fingerprint density at radius 1 is 1.08 bits per heavy atom. The minimum Gasteiger partial charge on any atom is -0.465 e. The van der Waals surface area contributed by atoms with E-state index in [1.54, 1.807) is 53.1 Å². The Morgan fingerprint density at radius 3 is 2.40 bits per heavy atom. The maximum atomic E-state index is 12.9. The number of nitrogens with zero attached hydrogens (tertiary/aromatic N) is 1. The Kier molecular flexibility index (Phi) is 5.57. The molecule has 0 saturated carbocycles. The van der Waals surface area contributed by atoms with Crippen LogP contribution >= 0.6 is 35.0 Å². The molecule has 0 bridgehead atoms. The van der Waals surface area contributed by atoms with Gasteiger partial charge in [0.1, 0.15) is 5.37 Å². The van der Waals surface area contributed by atoms with Crippen molar-refractivity contribution >= 4 is 46.8 Å². The summed E-state index contributed by atoms with van der Waals surface area (Å²) in [5.74, 6) is 0.332. The fourth-order valence-electron chi connectivity index (χ4n) is 2.65. The molecule has 1 heterocycles. The monoisotopic (exact) mass is 395 g/mol. The van der Waals surface area contributed by atoms with Crippen LogP contribution in [0.4, 0.5) is 0 Å². The number of hydrogen-bond donors (Lipinski definition) is 0. The van der Waals surface area contributed by atoms with Gasteiger partial charge in [-0.15, -0.1) is 11.8 Å². The van der Waals surface area contributed by atoms with E-state index in [-0.39, 0.29) is 11.3 Å². The van der Waals surface area contributed by atoms with Crippen molar-refractivity contribution in [3.05, 3.63) is 69.2 Å². The zero-order valence-electron chi connectivity index (χ0n) is 13.4. The summed E-state index contributed by atoms with van der Waals surface area (Å²) in [5, 5.41) is 0.855. The minimum atomic E-state index is -0.426. The van der Waals surface area contributed by atoms with Gasteiger partial charge in [0.2, 0.25) is 0 Å². The van der Waals surface area contributed by atoms with E-state index in [2.05, 4.69) is 4.74 Å². The molecule has 130 valence electrons. The maximum absolute atomic E-state index is 12.9. The largest absolute Gasteiger partial charge is 0.465 e. The average molecular weight is 396 g/mol. The molecule has 0 spiro atoms. The lowest BCUT2D eigenvalue weighted by molar-refractivity contribution is 0.0599. The van der Waals surface area contributed by atoms with E-state index in [4.69, 9.17) is 23.2 Å². The number of ether oxygens (including phenoxy) is 1. The van der Waals surface area contributed by atoms with E-state index in [0.717, 1.165) is 11.3 Å². The van der Waals surface area contributed by atoms with Crippen molar-refractivity contribution in [3.8, 4) is 0 Å². The van der Waals surface area contributed by atoms with Gasteiger partial charge in [-0.05, 0) is 42.0 Å². The zero-order valence-corrected chi connectivity index (χ0v) is 15.7. The van der Waals surface area contributed by atoms with Crippen LogP contribution in [-0.4, -0.2) is 36.2 Å². The minimum absolute atomic E-state index is 0.0857. The number of benzene rings is 2. The Labute approximate surface area is 160 Å². The van der Waals surface area contributed by atoms with Crippen molar-refractivity contribution in [1.29, 1.82) is 0 Å². The molecular formula is C18H15Cl2NO3S. The molecule has 0 aromatic heterocycles. The molecule has 1 aliphatic heterocycles. The predicted octanol–water partition coefficient (Wildman–Crippen LogP) is 4.67.